The summed E-state index contributed by atoms with van der Waals surface area (Å²) in [6, 6.07) is 43.9. The molecule has 0 atom stereocenters. The molecule has 5 aromatic carbocycles. The van der Waals surface area contributed by atoms with E-state index in [1.165, 1.54) is 18.6 Å². The molecule has 0 spiro atoms. The van der Waals surface area contributed by atoms with E-state index in [-0.39, 0.29) is 54.5 Å². The van der Waals surface area contributed by atoms with Crippen LogP contribution in [-0.2, 0) is 58.3 Å². The number of furan rings is 1. The zero-order valence-electron chi connectivity index (χ0n) is 53.2. The van der Waals surface area contributed by atoms with Gasteiger partial charge in [0.15, 0.2) is 0 Å². The van der Waals surface area contributed by atoms with Gasteiger partial charge in [-0.1, -0.05) is 98.4 Å². The Morgan fingerprint density at radius 2 is 0.973 bits per heavy atom. The summed E-state index contributed by atoms with van der Waals surface area (Å²) in [4.78, 5) is 14.2. The Bertz CT molecular complexity index is 3870. The van der Waals surface area contributed by atoms with Crippen LogP contribution in [0.4, 0.5) is 0 Å². The molecule has 0 aliphatic heterocycles. The molecule has 6 heteroatoms. The van der Waals surface area contributed by atoms with Crippen LogP contribution in [0.15, 0.2) is 138 Å². The van der Waals surface area contributed by atoms with Gasteiger partial charge in [-0.3, -0.25) is 0 Å². The number of benzene rings is 5. The normalized spacial score (nSPS) is 19.0. The van der Waals surface area contributed by atoms with Gasteiger partial charge in [-0.2, -0.15) is 5.26 Å². The van der Waals surface area contributed by atoms with Gasteiger partial charge in [0.1, 0.15) is 5.58 Å². The van der Waals surface area contributed by atoms with Crippen LogP contribution in [0.1, 0.15) is 173 Å². The largest absolute Gasteiger partial charge is 3.00 e. The molecule has 0 N–H and O–H groups in total. The zero-order valence-corrected chi connectivity index (χ0v) is 43.6. The van der Waals surface area contributed by atoms with E-state index in [0.717, 1.165) is 99.6 Å². The predicted molar refractivity (Wildman–Crippen MR) is 294 cm³/mol. The van der Waals surface area contributed by atoms with Crippen molar-refractivity contribution in [3.8, 4) is 39.8 Å². The number of pyridine rings is 3. The Morgan fingerprint density at radius 1 is 0.500 bits per heavy atom. The SMILES string of the molecule is [2H]C([2H])(c1cc(C([2H])([2H])C([2H])([2H])c2cnc(-c3[c-]cccc3)cc2C2CCCC2)cc(C([2H])([2H])C([2H])([2H])c2cnc(-c3[c-]cccc3)cc2C2CCCC2)c1)C([2H])([2H])c1cnc(-c2[c-]ccc3c2oc2cc(C#N)ccc23)cc1C1CCCCC1.[Ir+3]. The average Bonchev–Trinajstić information content (AvgIpc) is 0.940. The molecule has 370 valence electrons. The van der Waals surface area contributed by atoms with E-state index in [2.05, 4.69) is 34.2 Å². The van der Waals surface area contributed by atoms with Crippen LogP contribution in [0.2, 0.25) is 0 Å². The van der Waals surface area contributed by atoms with E-state index in [4.69, 9.17) is 9.40 Å². The summed E-state index contributed by atoms with van der Waals surface area (Å²) in [5.74, 6) is -0.493. The first kappa shape index (κ1) is 37.3. The number of hydrogen-bond donors (Lipinski definition) is 0. The summed E-state index contributed by atoms with van der Waals surface area (Å²) in [5.41, 5.74) is 4.69. The molecular formula is C68H63IrN4O. The third kappa shape index (κ3) is 10.8. The van der Waals surface area contributed by atoms with Gasteiger partial charge in [0.25, 0.3) is 0 Å². The first-order valence-electron chi connectivity index (χ1n) is 32.0. The summed E-state index contributed by atoms with van der Waals surface area (Å²) >= 11 is 0. The van der Waals surface area contributed by atoms with Gasteiger partial charge in [-0.05, 0) is 174 Å². The number of aryl methyl sites for hydroxylation is 6. The molecule has 74 heavy (non-hydrogen) atoms. The fourth-order valence-electron chi connectivity index (χ4n) is 11.4. The van der Waals surface area contributed by atoms with E-state index >= 15 is 0 Å². The third-order valence-corrected chi connectivity index (χ3v) is 15.2. The zero-order chi connectivity index (χ0) is 59.7. The van der Waals surface area contributed by atoms with Crippen LogP contribution in [0, 0.1) is 29.5 Å². The van der Waals surface area contributed by atoms with Crippen molar-refractivity contribution in [2.24, 2.45) is 0 Å². The smallest absolute Gasteiger partial charge is 0.501 e. The number of nitrogens with zero attached hydrogens (tertiary/aromatic N) is 4. The second-order valence-corrected chi connectivity index (χ2v) is 19.9. The first-order valence-corrected chi connectivity index (χ1v) is 26.0. The molecule has 5 nitrogen and oxygen atoms in total. The van der Waals surface area contributed by atoms with Crippen LogP contribution in [0.3, 0.4) is 0 Å². The molecular weight excluding hydrogens is 1080 g/mol. The van der Waals surface area contributed by atoms with Gasteiger partial charge in [0.05, 0.1) is 17.2 Å². The van der Waals surface area contributed by atoms with Crippen LogP contribution in [0.5, 0.6) is 0 Å². The van der Waals surface area contributed by atoms with Gasteiger partial charge in [0, 0.05) is 40.4 Å². The van der Waals surface area contributed by atoms with Gasteiger partial charge in [0.2, 0.25) is 0 Å². The topological polar surface area (TPSA) is 75.6 Å². The van der Waals surface area contributed by atoms with Crippen molar-refractivity contribution in [1.82, 2.24) is 15.0 Å². The van der Waals surface area contributed by atoms with Crippen molar-refractivity contribution in [1.29, 1.82) is 5.26 Å². The maximum absolute atomic E-state index is 10.1. The molecule has 0 unspecified atom stereocenters. The molecule has 3 fully saturated rings. The standard InChI is InChI=1S/C68H63N4O.Ir/c69-42-49-30-34-58-59-25-14-26-60(68(59)73-67(58)38-49)66-41-63(50-15-4-1-5-16-50)57(45-72-66)33-29-48-36-46(27-31-55-43-70-64(53-21-6-2-7-22-53)39-61(55)51-17-10-11-18-51)35-47(37-48)28-32-56-44-71-65(54-23-8-3-9-24-54)40-62(56)52-19-12-13-20-52;/h2-3,6-9,14,21,23,25,30,34-41,43-45,50-52H,1,4-5,10-13,15-20,27-29,31-33H2;/q-3;+3/i27D2,28D2,29D2,31D2,32D2,33D2;. The van der Waals surface area contributed by atoms with Crippen LogP contribution >= 0.6 is 0 Å². The second-order valence-electron chi connectivity index (χ2n) is 19.9. The maximum atomic E-state index is 10.1. The third-order valence-electron chi connectivity index (χ3n) is 15.2. The molecule has 0 amide bonds. The fraction of sp³-hybridized carbons (Fsp3) is 0.324. The Kier molecular flexibility index (Phi) is 11.6. The van der Waals surface area contributed by atoms with Crippen molar-refractivity contribution in [2.75, 3.05) is 0 Å². The second kappa shape index (κ2) is 22.9. The Labute approximate surface area is 468 Å². The van der Waals surface area contributed by atoms with Gasteiger partial charge >= 0.3 is 20.1 Å². The minimum absolute atomic E-state index is 0. The van der Waals surface area contributed by atoms with Crippen molar-refractivity contribution in [2.45, 2.75) is 139 Å². The first-order chi connectivity index (χ1) is 40.6. The molecule has 0 bridgehead atoms. The van der Waals surface area contributed by atoms with E-state index in [1.807, 2.05) is 48.5 Å². The van der Waals surface area contributed by atoms with E-state index in [1.54, 1.807) is 48.5 Å². The Morgan fingerprint density at radius 3 is 1.45 bits per heavy atom. The summed E-state index contributed by atoms with van der Waals surface area (Å²) in [5, 5.41) is 11.2. The molecule has 12 rings (SSSR count). The summed E-state index contributed by atoms with van der Waals surface area (Å²) in [6.45, 7) is 0. The molecule has 3 saturated carbocycles. The summed E-state index contributed by atoms with van der Waals surface area (Å²) in [7, 11) is 0. The average molecular weight is 1160 g/mol. The van der Waals surface area contributed by atoms with Crippen molar-refractivity contribution >= 4 is 21.9 Å². The molecule has 9 aromatic rings. The monoisotopic (exact) mass is 1160 g/mol. The van der Waals surface area contributed by atoms with Crippen molar-refractivity contribution in [3.63, 3.8) is 0 Å². The van der Waals surface area contributed by atoms with Crippen LogP contribution < -0.4 is 0 Å². The molecule has 4 aromatic heterocycles. The molecule has 3 aliphatic rings. The number of fused-ring (bicyclic) bond motifs is 3. The summed E-state index contributed by atoms with van der Waals surface area (Å²) < 4.78 is 127. The van der Waals surface area contributed by atoms with Gasteiger partial charge in [-0.15, -0.1) is 90.0 Å². The van der Waals surface area contributed by atoms with Crippen molar-refractivity contribution in [3.05, 3.63) is 208 Å². The van der Waals surface area contributed by atoms with E-state index < -0.39 is 54.9 Å². The van der Waals surface area contributed by atoms with Gasteiger partial charge in [-0.25, -0.2) is 0 Å². The van der Waals surface area contributed by atoms with E-state index in [9.17, 15) is 21.7 Å². The van der Waals surface area contributed by atoms with Gasteiger partial charge < -0.3 is 19.4 Å². The summed E-state index contributed by atoms with van der Waals surface area (Å²) in [6.07, 6.45) is -3.64. The quantitative estimate of drug-likeness (QED) is 0.0956. The predicted octanol–water partition coefficient (Wildman–Crippen LogP) is 16.8. The van der Waals surface area contributed by atoms with E-state index in [0.29, 0.717) is 80.0 Å². The van der Waals surface area contributed by atoms with Crippen LogP contribution in [0.25, 0.3) is 55.7 Å². The molecule has 0 saturated heterocycles. The van der Waals surface area contributed by atoms with Crippen molar-refractivity contribution < 1.29 is 41.0 Å². The number of hydrogen-bond acceptors (Lipinski definition) is 5. The Balaban J connectivity index is 0.00000768. The molecule has 3 aliphatic carbocycles. The fourth-order valence-corrected chi connectivity index (χ4v) is 11.4. The van der Waals surface area contributed by atoms with Crippen LogP contribution in [-0.4, -0.2) is 15.0 Å². The number of aromatic nitrogens is 3. The minimum atomic E-state index is -3.14. The number of rotatable bonds is 15. The number of nitriles is 1. The maximum Gasteiger partial charge on any atom is 3.00 e. The molecule has 4 heterocycles. The Hall–Kier alpha value is -6.51. The minimum Gasteiger partial charge on any atom is -0.501 e. The molecule has 0 radical (unpaired) electrons.